The van der Waals surface area contributed by atoms with E-state index in [1.807, 2.05) is 97.7 Å². The lowest BCUT2D eigenvalue weighted by atomic mass is 10.2. The Kier molecular flexibility index (Phi) is 6.49. The zero-order valence-corrected chi connectivity index (χ0v) is 23.2. The predicted octanol–water partition coefficient (Wildman–Crippen LogP) is 3.68. The number of aromatic nitrogens is 1. The topological polar surface area (TPSA) is 79.2 Å². The van der Waals surface area contributed by atoms with E-state index in [4.69, 9.17) is 9.73 Å². The summed E-state index contributed by atoms with van der Waals surface area (Å²) in [4.78, 5) is 35.6. The molecule has 8 nitrogen and oxygen atoms in total. The number of hydrogen-bond donors (Lipinski definition) is 1. The average Bonchev–Trinajstić information content (AvgIpc) is 3.59. The second-order valence-corrected chi connectivity index (χ2v) is 10.9. The van der Waals surface area contributed by atoms with Crippen LogP contribution in [-0.4, -0.2) is 30.5 Å². The van der Waals surface area contributed by atoms with Crippen molar-refractivity contribution in [2.75, 3.05) is 24.1 Å². The first-order valence-corrected chi connectivity index (χ1v) is 14.0. The van der Waals surface area contributed by atoms with Crippen molar-refractivity contribution in [2.45, 2.75) is 18.4 Å². The van der Waals surface area contributed by atoms with Crippen LogP contribution >= 0.6 is 23.1 Å². The number of carbonyl (C=O) groups is 1. The minimum Gasteiger partial charge on any atom is -0.497 e. The van der Waals surface area contributed by atoms with Crippen LogP contribution in [0.2, 0.25) is 0 Å². The van der Waals surface area contributed by atoms with Gasteiger partial charge in [0.15, 0.2) is 5.84 Å². The van der Waals surface area contributed by atoms with Crippen molar-refractivity contribution in [3.05, 3.63) is 98.4 Å². The van der Waals surface area contributed by atoms with Crippen molar-refractivity contribution in [1.82, 2.24) is 9.99 Å². The van der Waals surface area contributed by atoms with Crippen molar-refractivity contribution in [2.24, 2.45) is 4.99 Å². The van der Waals surface area contributed by atoms with E-state index in [2.05, 4.69) is 5.43 Å². The van der Waals surface area contributed by atoms with Gasteiger partial charge in [-0.3, -0.25) is 19.6 Å². The summed E-state index contributed by atoms with van der Waals surface area (Å²) in [7, 11) is 3.58. The second kappa shape index (κ2) is 10.1. The molecule has 1 fully saturated rings. The van der Waals surface area contributed by atoms with E-state index >= 15 is 0 Å². The van der Waals surface area contributed by atoms with Gasteiger partial charge < -0.3 is 9.64 Å². The Morgan fingerprint density at radius 1 is 0.974 bits per heavy atom. The van der Waals surface area contributed by atoms with Gasteiger partial charge >= 0.3 is 0 Å². The Morgan fingerprint density at radius 3 is 2.38 bits per heavy atom. The summed E-state index contributed by atoms with van der Waals surface area (Å²) < 4.78 is 8.21. The first-order chi connectivity index (χ1) is 19.0. The summed E-state index contributed by atoms with van der Waals surface area (Å²) in [6, 6.07) is 24.7. The Balaban J connectivity index is 1.59. The molecule has 1 aromatic heterocycles. The van der Waals surface area contributed by atoms with Gasteiger partial charge in [-0.25, -0.2) is 10.0 Å². The van der Waals surface area contributed by atoms with Crippen LogP contribution in [0, 0.1) is 0 Å². The number of thiazole rings is 1. The zero-order valence-electron chi connectivity index (χ0n) is 21.5. The molecule has 0 aliphatic carbocycles. The number of nitrogens with zero attached hydrogens (tertiary/aromatic N) is 4. The van der Waals surface area contributed by atoms with Crippen molar-refractivity contribution < 1.29 is 9.53 Å². The molecule has 0 bridgehead atoms. The third-order valence-electron chi connectivity index (χ3n) is 6.53. The molecule has 1 N–H and O–H groups in total. The molecule has 0 spiro atoms. The van der Waals surface area contributed by atoms with Crippen LogP contribution in [0.3, 0.4) is 0 Å². The van der Waals surface area contributed by atoms with E-state index in [9.17, 15) is 9.59 Å². The van der Waals surface area contributed by atoms with E-state index in [0.29, 0.717) is 38.5 Å². The number of hydrogen-bond acceptors (Lipinski definition) is 7. The molecule has 4 aromatic rings. The number of para-hydroxylation sites is 2. The Labute approximate surface area is 233 Å². The molecule has 2 aliphatic heterocycles. The number of anilines is 2. The molecule has 1 saturated heterocycles. The van der Waals surface area contributed by atoms with Gasteiger partial charge in [-0.05, 0) is 43.3 Å². The Morgan fingerprint density at radius 2 is 1.69 bits per heavy atom. The fourth-order valence-corrected chi connectivity index (χ4v) is 7.10. The third-order valence-corrected chi connectivity index (χ3v) is 9.08. The van der Waals surface area contributed by atoms with Crippen molar-refractivity contribution in [3.63, 3.8) is 0 Å². The molecule has 2 aliphatic rings. The van der Waals surface area contributed by atoms with Gasteiger partial charge in [0.2, 0.25) is 0 Å². The molecule has 3 heterocycles. The largest absolute Gasteiger partial charge is 0.497 e. The summed E-state index contributed by atoms with van der Waals surface area (Å²) in [5.74, 6) is 0.882. The SMILES string of the molecule is CCn1c(=O)/c(=C2/Sc3ccc(OC)cc3N2C)s/c1=C1/C(=O)N(c2ccccc2)NC1=Nc1ccccc1. The quantitative estimate of drug-likeness (QED) is 0.414. The van der Waals surface area contributed by atoms with Crippen LogP contribution in [0.15, 0.2) is 93.5 Å². The maximum absolute atomic E-state index is 13.9. The maximum atomic E-state index is 13.9. The van der Waals surface area contributed by atoms with Crippen molar-refractivity contribution >= 4 is 62.5 Å². The number of benzene rings is 3. The lowest BCUT2D eigenvalue weighted by Crippen LogP contribution is -2.35. The van der Waals surface area contributed by atoms with Gasteiger partial charge in [0.25, 0.3) is 11.5 Å². The van der Waals surface area contributed by atoms with Crippen LogP contribution < -0.4 is 34.8 Å². The highest BCUT2D eigenvalue weighted by molar-refractivity contribution is 8.08. The monoisotopic (exact) mass is 555 g/mol. The van der Waals surface area contributed by atoms with Gasteiger partial charge in [0.05, 0.1) is 24.2 Å². The fraction of sp³-hybridized carbons (Fsp3) is 0.138. The average molecular weight is 556 g/mol. The molecule has 39 heavy (non-hydrogen) atoms. The third kappa shape index (κ3) is 4.31. The summed E-state index contributed by atoms with van der Waals surface area (Å²) in [6.45, 7) is 2.32. The first kappa shape index (κ1) is 25.0. The number of thioether (sulfide) groups is 1. The van der Waals surface area contributed by atoms with Gasteiger partial charge in [-0.1, -0.05) is 48.2 Å². The minimum atomic E-state index is -0.267. The molecule has 3 aromatic carbocycles. The smallest absolute Gasteiger partial charge is 0.283 e. The maximum Gasteiger partial charge on any atom is 0.283 e. The number of methoxy groups -OCH3 is 1. The number of amidine groups is 1. The summed E-state index contributed by atoms with van der Waals surface area (Å²) >= 11 is 2.86. The lowest BCUT2D eigenvalue weighted by molar-refractivity contribution is -0.113. The number of amides is 1. The number of nitrogens with one attached hydrogen (secondary N) is 1. The molecule has 10 heteroatoms. The van der Waals surface area contributed by atoms with Crippen molar-refractivity contribution in [1.29, 1.82) is 0 Å². The molecular formula is C29H25N5O3S2. The van der Waals surface area contributed by atoms with Gasteiger partial charge in [-0.2, -0.15) is 0 Å². The number of carbonyl (C=O) groups excluding carboxylic acids is 1. The van der Waals surface area contributed by atoms with Gasteiger partial charge in [0, 0.05) is 24.6 Å². The summed E-state index contributed by atoms with van der Waals surface area (Å²) in [5, 5.41) is 2.30. The van der Waals surface area contributed by atoms with Crippen molar-refractivity contribution in [3.8, 4) is 5.75 Å². The van der Waals surface area contributed by atoms with E-state index < -0.39 is 0 Å². The Hall–Kier alpha value is -4.28. The van der Waals surface area contributed by atoms with E-state index in [-0.39, 0.29) is 11.5 Å². The highest BCUT2D eigenvalue weighted by Gasteiger charge is 2.36. The van der Waals surface area contributed by atoms with Crippen LogP contribution in [0.1, 0.15) is 6.92 Å². The van der Waals surface area contributed by atoms with E-state index in [1.165, 1.54) is 16.3 Å². The number of ether oxygens (including phenoxy) is 1. The highest BCUT2D eigenvalue weighted by atomic mass is 32.2. The van der Waals surface area contributed by atoms with Gasteiger partial charge in [0.1, 0.15) is 25.5 Å². The zero-order chi connectivity index (χ0) is 27.1. The highest BCUT2D eigenvalue weighted by Crippen LogP contribution is 2.46. The summed E-state index contributed by atoms with van der Waals surface area (Å²) in [5.41, 5.74) is 5.78. The van der Waals surface area contributed by atoms with Crippen LogP contribution in [0.4, 0.5) is 17.1 Å². The molecule has 0 unspecified atom stereocenters. The minimum absolute atomic E-state index is 0.135. The number of fused-ring (bicyclic) bond motifs is 1. The first-order valence-electron chi connectivity index (χ1n) is 12.4. The second-order valence-electron chi connectivity index (χ2n) is 8.84. The number of rotatable bonds is 4. The molecular weight excluding hydrogens is 530 g/mol. The van der Waals surface area contributed by atoms with E-state index in [0.717, 1.165) is 21.4 Å². The van der Waals surface area contributed by atoms with Crippen LogP contribution in [0.25, 0.3) is 10.6 Å². The lowest BCUT2D eigenvalue weighted by Gasteiger charge is -2.14. The molecule has 6 rings (SSSR count). The fourth-order valence-electron chi connectivity index (χ4n) is 4.56. The van der Waals surface area contributed by atoms with Crippen LogP contribution in [0.5, 0.6) is 5.75 Å². The molecule has 196 valence electrons. The molecule has 0 saturated carbocycles. The van der Waals surface area contributed by atoms with E-state index in [1.54, 1.807) is 23.4 Å². The Bertz CT molecular complexity index is 1800. The normalized spacial score (nSPS) is 18.5. The standard InChI is InChI=1S/C29H25N5O3S2/c1-4-33-27(36)24(29-32(2)21-17-20(37-3)15-16-22(21)38-29)39-28(33)23-25(30-18-11-7-5-8-12-18)31-34(26(23)35)19-13-9-6-10-14-19/h5-17H,4H2,1-3H3,(H,30,31)/b28-23+,29-24-. The number of hydrazine groups is 1. The molecule has 0 radical (unpaired) electrons. The molecule has 1 amide bonds. The van der Waals surface area contributed by atoms with Crippen LogP contribution in [-0.2, 0) is 11.3 Å². The predicted molar refractivity (Wildman–Crippen MR) is 158 cm³/mol. The molecule has 0 atom stereocenters. The van der Waals surface area contributed by atoms with Gasteiger partial charge in [-0.15, -0.1) is 11.3 Å². The number of aliphatic imine (C=N–C) groups is 1. The summed E-state index contributed by atoms with van der Waals surface area (Å²) in [6.07, 6.45) is 0.